The molecule has 0 aliphatic carbocycles. The Bertz CT molecular complexity index is 648. The number of thiophene rings is 1. The van der Waals surface area contributed by atoms with Gasteiger partial charge in [-0.2, -0.15) is 0 Å². The topological polar surface area (TPSA) is 53.8 Å². The first kappa shape index (κ1) is 16.3. The summed E-state index contributed by atoms with van der Waals surface area (Å²) in [4.78, 5) is 13.4. The number of carboxylic acids is 1. The lowest BCUT2D eigenvalue weighted by Gasteiger charge is -2.12. The van der Waals surface area contributed by atoms with Crippen molar-refractivity contribution in [1.29, 1.82) is 0 Å². The first-order valence-electron chi connectivity index (χ1n) is 7.05. The predicted molar refractivity (Wildman–Crippen MR) is 86.8 cm³/mol. The standard InChI is InChI=1S/C17H19NO3S/c1-18(2)9-10-21-15-7-4-3-6-13(15)12-14(17(19)20)16-8-5-11-22-16/h3-8,11-12H,9-10H2,1-2H3,(H,19,20)/b14-12-. The van der Waals surface area contributed by atoms with Gasteiger partial charge < -0.3 is 19.5 Å². The van der Waals surface area contributed by atoms with Crippen molar-refractivity contribution in [2.24, 2.45) is 0 Å². The first-order valence-corrected chi connectivity index (χ1v) is 7.93. The number of carboxylic acid groups (broad SMARTS) is 1. The van der Waals surface area contributed by atoms with Crippen molar-refractivity contribution in [2.75, 3.05) is 27.2 Å². The third-order valence-electron chi connectivity index (χ3n) is 3.09. The molecule has 1 aromatic carbocycles. The van der Waals surface area contributed by atoms with E-state index in [2.05, 4.69) is 14.1 Å². The van der Waals surface area contributed by atoms with Gasteiger partial charge >= 0.3 is 0 Å². The van der Waals surface area contributed by atoms with Crippen molar-refractivity contribution in [3.63, 3.8) is 0 Å². The number of nitrogens with one attached hydrogen (secondary N) is 1. The molecule has 5 heteroatoms. The second-order valence-electron chi connectivity index (χ2n) is 5.17. The number of aliphatic carboxylic acids is 1. The van der Waals surface area contributed by atoms with E-state index in [4.69, 9.17) is 4.74 Å². The highest BCUT2D eigenvalue weighted by Gasteiger charge is 2.07. The van der Waals surface area contributed by atoms with E-state index in [0.29, 0.717) is 17.2 Å². The molecule has 0 aliphatic heterocycles. The van der Waals surface area contributed by atoms with Crippen LogP contribution in [0.4, 0.5) is 0 Å². The molecule has 0 radical (unpaired) electrons. The number of hydrogen-bond acceptors (Lipinski definition) is 4. The number of benzene rings is 1. The summed E-state index contributed by atoms with van der Waals surface area (Å²) >= 11 is 1.37. The van der Waals surface area contributed by atoms with E-state index in [0.717, 1.165) is 12.1 Å². The molecule has 0 spiro atoms. The van der Waals surface area contributed by atoms with Gasteiger partial charge in [0.1, 0.15) is 18.9 Å². The van der Waals surface area contributed by atoms with Crippen LogP contribution in [-0.2, 0) is 4.79 Å². The molecule has 2 rings (SSSR count). The van der Waals surface area contributed by atoms with E-state index < -0.39 is 5.97 Å². The number of hydrogen-bond donors (Lipinski definition) is 1. The van der Waals surface area contributed by atoms with Gasteiger partial charge in [0.25, 0.3) is 0 Å². The Balaban J connectivity index is 2.27. The van der Waals surface area contributed by atoms with Crippen LogP contribution < -0.4 is 14.7 Å². The highest BCUT2D eigenvalue weighted by Crippen LogP contribution is 2.26. The number of carbonyl (C=O) groups excluding carboxylic acids is 1. The minimum Gasteiger partial charge on any atom is -0.545 e. The largest absolute Gasteiger partial charge is 0.545 e. The fraction of sp³-hybridized carbons (Fsp3) is 0.235. The van der Waals surface area contributed by atoms with Crippen LogP contribution in [0.2, 0.25) is 0 Å². The molecule has 116 valence electrons. The summed E-state index contributed by atoms with van der Waals surface area (Å²) in [5.74, 6) is -0.506. The Morgan fingerprint density at radius 2 is 2.05 bits per heavy atom. The van der Waals surface area contributed by atoms with E-state index in [9.17, 15) is 9.90 Å². The molecule has 0 saturated carbocycles. The number of quaternary nitrogens is 1. The van der Waals surface area contributed by atoms with E-state index in [1.165, 1.54) is 16.2 Å². The Labute approximate surface area is 134 Å². The van der Waals surface area contributed by atoms with Crippen LogP contribution in [0.5, 0.6) is 5.75 Å². The molecule has 1 heterocycles. The highest BCUT2D eigenvalue weighted by atomic mass is 32.1. The second-order valence-corrected chi connectivity index (χ2v) is 6.11. The molecule has 0 amide bonds. The monoisotopic (exact) mass is 317 g/mol. The molecule has 0 aliphatic rings. The number of carbonyl (C=O) groups is 1. The fourth-order valence-corrected chi connectivity index (χ4v) is 2.64. The van der Waals surface area contributed by atoms with Crippen molar-refractivity contribution < 1.29 is 19.5 Å². The molecular formula is C17H19NO3S. The van der Waals surface area contributed by atoms with Crippen molar-refractivity contribution in [2.45, 2.75) is 0 Å². The van der Waals surface area contributed by atoms with E-state index in [1.807, 2.05) is 35.7 Å². The van der Waals surface area contributed by atoms with E-state index >= 15 is 0 Å². The summed E-state index contributed by atoms with van der Waals surface area (Å²) in [7, 11) is 4.11. The number of likely N-dealkylation sites (N-methyl/N-ethyl adjacent to an activating group) is 1. The summed E-state index contributed by atoms with van der Waals surface area (Å²) < 4.78 is 5.77. The van der Waals surface area contributed by atoms with Gasteiger partial charge in [0, 0.05) is 16.0 Å². The average molecular weight is 317 g/mol. The summed E-state index contributed by atoms with van der Waals surface area (Å²) in [6, 6.07) is 11.0. The van der Waals surface area contributed by atoms with Crippen LogP contribution in [0, 0.1) is 0 Å². The quantitative estimate of drug-likeness (QED) is 0.759. The zero-order valence-corrected chi connectivity index (χ0v) is 13.5. The molecule has 2 aromatic rings. The van der Waals surface area contributed by atoms with Crippen molar-refractivity contribution in [3.05, 3.63) is 52.2 Å². The minimum atomic E-state index is -1.19. The highest BCUT2D eigenvalue weighted by molar-refractivity contribution is 7.11. The van der Waals surface area contributed by atoms with Gasteiger partial charge in [0.15, 0.2) is 0 Å². The lowest BCUT2D eigenvalue weighted by Crippen LogP contribution is -3.06. The van der Waals surface area contributed by atoms with Gasteiger partial charge in [-0.1, -0.05) is 24.3 Å². The summed E-state index contributed by atoms with van der Waals surface area (Å²) in [5.41, 5.74) is 0.910. The van der Waals surface area contributed by atoms with Crippen molar-refractivity contribution in [3.8, 4) is 5.75 Å². The summed E-state index contributed by atoms with van der Waals surface area (Å²) in [6.07, 6.45) is 1.61. The Hall–Kier alpha value is -2.11. The molecule has 0 atom stereocenters. The van der Waals surface area contributed by atoms with E-state index in [1.54, 1.807) is 12.1 Å². The normalized spacial score (nSPS) is 11.7. The average Bonchev–Trinajstić information content (AvgIpc) is 2.99. The molecule has 0 unspecified atom stereocenters. The van der Waals surface area contributed by atoms with Gasteiger partial charge in [0.05, 0.1) is 20.1 Å². The van der Waals surface area contributed by atoms with Crippen LogP contribution in [0.15, 0.2) is 41.8 Å². The SMILES string of the molecule is C[NH+](C)CCOc1ccccc1/C=C(\C(=O)[O-])c1cccs1. The Kier molecular flexibility index (Phi) is 5.75. The Morgan fingerprint density at radius 1 is 1.27 bits per heavy atom. The van der Waals surface area contributed by atoms with Crippen LogP contribution >= 0.6 is 11.3 Å². The zero-order chi connectivity index (χ0) is 15.9. The first-order chi connectivity index (χ1) is 10.6. The maximum atomic E-state index is 11.4. The third kappa shape index (κ3) is 4.44. The number of ether oxygens (including phenoxy) is 1. The summed E-state index contributed by atoms with van der Waals surface area (Å²) in [5, 5.41) is 13.2. The molecule has 1 aromatic heterocycles. The number of rotatable bonds is 7. The van der Waals surface area contributed by atoms with Crippen LogP contribution in [-0.4, -0.2) is 33.2 Å². The molecular weight excluding hydrogens is 298 g/mol. The lowest BCUT2D eigenvalue weighted by atomic mass is 10.1. The summed E-state index contributed by atoms with van der Waals surface area (Å²) in [6.45, 7) is 1.45. The van der Waals surface area contributed by atoms with Crippen molar-refractivity contribution in [1.82, 2.24) is 0 Å². The molecule has 0 bridgehead atoms. The molecule has 0 fully saturated rings. The smallest absolute Gasteiger partial charge is 0.137 e. The van der Waals surface area contributed by atoms with Gasteiger partial charge in [-0.15, -0.1) is 11.3 Å². The predicted octanol–water partition coefficient (Wildman–Crippen LogP) is 0.562. The van der Waals surface area contributed by atoms with Gasteiger partial charge in [-0.3, -0.25) is 0 Å². The Morgan fingerprint density at radius 3 is 2.68 bits per heavy atom. The lowest BCUT2D eigenvalue weighted by molar-refractivity contribution is -0.858. The third-order valence-corrected chi connectivity index (χ3v) is 3.99. The van der Waals surface area contributed by atoms with Crippen LogP contribution in [0.25, 0.3) is 11.6 Å². The molecule has 22 heavy (non-hydrogen) atoms. The maximum Gasteiger partial charge on any atom is 0.137 e. The number of para-hydroxylation sites is 1. The van der Waals surface area contributed by atoms with Gasteiger partial charge in [-0.25, -0.2) is 0 Å². The molecule has 1 N–H and O–H groups in total. The fourth-order valence-electron chi connectivity index (χ4n) is 1.91. The van der Waals surface area contributed by atoms with Crippen LogP contribution in [0.3, 0.4) is 0 Å². The molecule has 4 nitrogen and oxygen atoms in total. The molecule has 0 saturated heterocycles. The van der Waals surface area contributed by atoms with Gasteiger partial charge in [-0.05, 0) is 23.6 Å². The maximum absolute atomic E-state index is 11.4. The van der Waals surface area contributed by atoms with E-state index in [-0.39, 0.29) is 5.57 Å². The van der Waals surface area contributed by atoms with Crippen LogP contribution in [0.1, 0.15) is 10.4 Å². The van der Waals surface area contributed by atoms with Crippen molar-refractivity contribution >= 4 is 29.0 Å². The zero-order valence-electron chi connectivity index (χ0n) is 12.7. The van der Waals surface area contributed by atoms with Gasteiger partial charge in [0.2, 0.25) is 0 Å². The minimum absolute atomic E-state index is 0.171. The second kappa shape index (κ2) is 7.77.